The topological polar surface area (TPSA) is 26.3 Å². The molecular weight excluding hydrogens is 289 g/mol. The van der Waals surface area contributed by atoms with Gasteiger partial charge in [0.15, 0.2) is 0 Å². The van der Waals surface area contributed by atoms with Crippen molar-refractivity contribution in [3.8, 4) is 5.75 Å². The number of ether oxygens (including phenoxy) is 1. The van der Waals surface area contributed by atoms with Crippen molar-refractivity contribution in [2.45, 2.75) is 19.7 Å². The molecule has 0 bridgehead atoms. The van der Waals surface area contributed by atoms with Crippen LogP contribution in [0.25, 0.3) is 0 Å². The first kappa shape index (κ1) is 13.0. The van der Waals surface area contributed by atoms with Gasteiger partial charge in [-0.15, -0.1) is 13.2 Å². The maximum absolute atomic E-state index is 12.0. The number of rotatable bonds is 3. The number of benzene rings is 1. The summed E-state index contributed by atoms with van der Waals surface area (Å²) in [6.45, 7) is 1.37. The molecule has 0 unspecified atom stereocenters. The van der Waals surface area contributed by atoms with Crippen LogP contribution in [0.15, 0.2) is 22.7 Å². The molecule has 0 saturated heterocycles. The van der Waals surface area contributed by atoms with Crippen LogP contribution in [-0.4, -0.2) is 12.1 Å². The van der Waals surface area contributed by atoms with Gasteiger partial charge in [-0.3, -0.25) is 4.79 Å². The Bertz CT molecular complexity index is 402. The number of halogens is 4. The van der Waals surface area contributed by atoms with Crippen LogP contribution in [0.4, 0.5) is 13.2 Å². The monoisotopic (exact) mass is 296 g/mol. The lowest BCUT2D eigenvalue weighted by atomic mass is 10.1. The molecule has 2 nitrogen and oxygen atoms in total. The van der Waals surface area contributed by atoms with Crippen molar-refractivity contribution in [1.82, 2.24) is 0 Å². The molecule has 6 heteroatoms. The number of hydrogen-bond acceptors (Lipinski definition) is 2. The van der Waals surface area contributed by atoms with Crippen LogP contribution < -0.4 is 4.74 Å². The van der Waals surface area contributed by atoms with Crippen LogP contribution in [0.1, 0.15) is 12.5 Å². The molecule has 1 aromatic carbocycles. The van der Waals surface area contributed by atoms with Crippen LogP contribution in [0.3, 0.4) is 0 Å². The van der Waals surface area contributed by atoms with Gasteiger partial charge in [0.05, 0.1) is 0 Å². The maximum atomic E-state index is 12.0. The van der Waals surface area contributed by atoms with Crippen molar-refractivity contribution in [2.24, 2.45) is 0 Å². The first-order chi connectivity index (χ1) is 7.26. The Morgan fingerprint density at radius 2 is 2.00 bits per heavy atom. The fourth-order valence-corrected chi connectivity index (χ4v) is 1.72. The van der Waals surface area contributed by atoms with E-state index < -0.39 is 6.36 Å². The highest BCUT2D eigenvalue weighted by molar-refractivity contribution is 9.10. The van der Waals surface area contributed by atoms with E-state index in [1.807, 2.05) is 0 Å². The zero-order valence-corrected chi connectivity index (χ0v) is 9.85. The highest BCUT2D eigenvalue weighted by atomic mass is 79.9. The van der Waals surface area contributed by atoms with Crippen molar-refractivity contribution < 1.29 is 22.7 Å². The Labute approximate surface area is 98.5 Å². The van der Waals surface area contributed by atoms with E-state index in [1.54, 1.807) is 6.07 Å². The largest absolute Gasteiger partial charge is 0.573 e. The van der Waals surface area contributed by atoms with Crippen molar-refractivity contribution >= 4 is 21.7 Å². The molecule has 0 amide bonds. The van der Waals surface area contributed by atoms with E-state index in [2.05, 4.69) is 20.7 Å². The molecule has 0 atom stereocenters. The average Bonchev–Trinajstić information content (AvgIpc) is 1.96. The molecule has 0 aromatic heterocycles. The van der Waals surface area contributed by atoms with Crippen LogP contribution in [-0.2, 0) is 11.2 Å². The molecule has 0 aliphatic rings. The fourth-order valence-electron chi connectivity index (χ4n) is 1.20. The average molecular weight is 297 g/mol. The summed E-state index contributed by atoms with van der Waals surface area (Å²) in [7, 11) is 0. The van der Waals surface area contributed by atoms with Crippen LogP contribution >= 0.6 is 15.9 Å². The number of ketones is 1. The lowest BCUT2D eigenvalue weighted by Crippen LogP contribution is -2.17. The third-order valence-corrected chi connectivity index (χ3v) is 2.08. The normalized spacial score (nSPS) is 11.3. The van der Waals surface area contributed by atoms with Gasteiger partial charge < -0.3 is 4.74 Å². The predicted molar refractivity (Wildman–Crippen MR) is 55.2 cm³/mol. The minimum Gasteiger partial charge on any atom is -0.406 e. The molecule has 0 spiro atoms. The molecule has 0 aliphatic carbocycles. The van der Waals surface area contributed by atoms with E-state index in [1.165, 1.54) is 19.1 Å². The molecule has 16 heavy (non-hydrogen) atoms. The van der Waals surface area contributed by atoms with Gasteiger partial charge in [0.2, 0.25) is 0 Å². The summed E-state index contributed by atoms with van der Waals surface area (Å²) in [5.74, 6) is -0.464. The van der Waals surface area contributed by atoms with Crippen molar-refractivity contribution in [3.05, 3.63) is 28.2 Å². The second-order valence-corrected chi connectivity index (χ2v) is 4.14. The molecule has 0 heterocycles. The minimum absolute atomic E-state index is 0.0770. The van der Waals surface area contributed by atoms with Gasteiger partial charge in [-0.25, -0.2) is 0 Å². The van der Waals surface area contributed by atoms with E-state index in [9.17, 15) is 18.0 Å². The Morgan fingerprint density at radius 3 is 2.50 bits per heavy atom. The molecule has 88 valence electrons. The fraction of sp³-hybridized carbons (Fsp3) is 0.300. The molecule has 0 N–H and O–H groups in total. The lowest BCUT2D eigenvalue weighted by molar-refractivity contribution is -0.274. The summed E-state index contributed by atoms with van der Waals surface area (Å²) in [5, 5.41) is 0. The second kappa shape index (κ2) is 4.86. The molecule has 0 radical (unpaired) electrons. The van der Waals surface area contributed by atoms with Crippen molar-refractivity contribution in [2.75, 3.05) is 0 Å². The van der Waals surface area contributed by atoms with Gasteiger partial charge in [0.25, 0.3) is 0 Å². The third kappa shape index (κ3) is 4.65. The van der Waals surface area contributed by atoms with E-state index >= 15 is 0 Å². The summed E-state index contributed by atoms with van der Waals surface area (Å²) in [6.07, 6.45) is -4.65. The number of carbonyl (C=O) groups excluding carboxylic acids is 1. The van der Waals surface area contributed by atoms with E-state index in [0.29, 0.717) is 10.0 Å². The zero-order valence-electron chi connectivity index (χ0n) is 8.27. The highest BCUT2D eigenvalue weighted by Crippen LogP contribution is 2.27. The Morgan fingerprint density at radius 1 is 1.38 bits per heavy atom. The standard InChI is InChI=1S/C10H8BrF3O2/c1-6(15)2-7-3-8(11)5-9(4-7)16-10(12,13)14/h3-5H,2H2,1H3. The van der Waals surface area contributed by atoms with Crippen LogP contribution in [0.5, 0.6) is 5.75 Å². The van der Waals surface area contributed by atoms with Crippen molar-refractivity contribution in [3.63, 3.8) is 0 Å². The lowest BCUT2D eigenvalue weighted by Gasteiger charge is -2.10. The van der Waals surface area contributed by atoms with Gasteiger partial charge in [-0.05, 0) is 30.7 Å². The quantitative estimate of drug-likeness (QED) is 0.854. The van der Waals surface area contributed by atoms with Crippen molar-refractivity contribution in [1.29, 1.82) is 0 Å². The van der Waals surface area contributed by atoms with E-state index in [-0.39, 0.29) is 18.0 Å². The van der Waals surface area contributed by atoms with Gasteiger partial charge in [-0.2, -0.15) is 0 Å². The molecule has 0 aliphatic heterocycles. The van der Waals surface area contributed by atoms with E-state index in [0.717, 1.165) is 0 Å². The predicted octanol–water partition coefficient (Wildman–Crippen LogP) is 3.48. The van der Waals surface area contributed by atoms with Gasteiger partial charge >= 0.3 is 6.36 Å². The van der Waals surface area contributed by atoms with Gasteiger partial charge in [0, 0.05) is 10.9 Å². The Hall–Kier alpha value is -1.04. The summed E-state index contributed by atoms with van der Waals surface area (Å²) in [6, 6.07) is 3.96. The molecular formula is C10H8BrF3O2. The minimum atomic E-state index is -4.73. The second-order valence-electron chi connectivity index (χ2n) is 3.22. The van der Waals surface area contributed by atoms with Crippen LogP contribution in [0, 0.1) is 0 Å². The number of hydrogen-bond donors (Lipinski definition) is 0. The number of Topliss-reactive ketones (excluding diaryl/α,β-unsaturated/α-hetero) is 1. The summed E-state index contributed by atoms with van der Waals surface area (Å²) in [4.78, 5) is 10.8. The van der Waals surface area contributed by atoms with E-state index in [4.69, 9.17) is 0 Å². The van der Waals surface area contributed by atoms with Gasteiger partial charge in [-0.1, -0.05) is 15.9 Å². The molecule has 0 saturated carbocycles. The highest BCUT2D eigenvalue weighted by Gasteiger charge is 2.31. The Kier molecular flexibility index (Phi) is 3.96. The molecule has 1 aromatic rings. The molecule has 1 rings (SSSR count). The third-order valence-electron chi connectivity index (χ3n) is 1.62. The van der Waals surface area contributed by atoms with Gasteiger partial charge in [0.1, 0.15) is 11.5 Å². The maximum Gasteiger partial charge on any atom is 0.573 e. The first-order valence-electron chi connectivity index (χ1n) is 4.31. The summed E-state index contributed by atoms with van der Waals surface area (Å²) < 4.78 is 40.1. The smallest absolute Gasteiger partial charge is 0.406 e. The number of carbonyl (C=O) groups is 1. The SMILES string of the molecule is CC(=O)Cc1cc(Br)cc(OC(F)(F)F)c1. The number of alkyl halides is 3. The summed E-state index contributed by atoms with van der Waals surface area (Å²) >= 11 is 3.05. The summed E-state index contributed by atoms with van der Waals surface area (Å²) in [5.41, 5.74) is 0.473. The first-order valence-corrected chi connectivity index (χ1v) is 5.10. The van der Waals surface area contributed by atoms with Crippen LogP contribution in [0.2, 0.25) is 0 Å². The molecule has 0 fully saturated rings. The zero-order chi connectivity index (χ0) is 12.3. The Balaban J connectivity index is 2.94.